The van der Waals surface area contributed by atoms with E-state index in [1.807, 2.05) is 19.1 Å². The number of rotatable bonds is 4. The molecule has 0 aromatic heterocycles. The molecule has 0 saturated carbocycles. The summed E-state index contributed by atoms with van der Waals surface area (Å²) < 4.78 is 43.4. The molecule has 1 unspecified atom stereocenters. The van der Waals surface area contributed by atoms with Gasteiger partial charge in [0.15, 0.2) is 6.10 Å². The van der Waals surface area contributed by atoms with Crippen molar-refractivity contribution in [2.75, 3.05) is 5.32 Å². The van der Waals surface area contributed by atoms with E-state index in [2.05, 4.69) is 5.32 Å². The van der Waals surface area contributed by atoms with Crippen molar-refractivity contribution >= 4 is 11.6 Å². The highest BCUT2D eigenvalue weighted by molar-refractivity contribution is 5.94. The second-order valence-electron chi connectivity index (χ2n) is 5.14. The summed E-state index contributed by atoms with van der Waals surface area (Å²) in [7, 11) is 0. The number of alkyl halides is 3. The summed E-state index contributed by atoms with van der Waals surface area (Å²) in [6.45, 7) is 3.45. The van der Waals surface area contributed by atoms with Gasteiger partial charge in [-0.25, -0.2) is 0 Å². The van der Waals surface area contributed by atoms with Crippen molar-refractivity contribution in [3.05, 3.63) is 59.7 Å². The third-order valence-corrected chi connectivity index (χ3v) is 3.16. The summed E-state index contributed by atoms with van der Waals surface area (Å²) in [5.74, 6) is -0.00723. The molecule has 0 radical (unpaired) electrons. The van der Waals surface area contributed by atoms with Crippen molar-refractivity contribution in [1.82, 2.24) is 0 Å². The van der Waals surface area contributed by atoms with Gasteiger partial charge in [-0.2, -0.15) is 13.2 Å². The number of amides is 1. The lowest BCUT2D eigenvalue weighted by Gasteiger charge is -2.15. The number of nitrogens with one attached hydrogen (secondary N) is 1. The van der Waals surface area contributed by atoms with Gasteiger partial charge in [0.2, 0.25) is 0 Å². The van der Waals surface area contributed by atoms with Crippen LogP contribution in [0.2, 0.25) is 0 Å². The molecule has 0 saturated heterocycles. The molecule has 0 heterocycles. The third kappa shape index (κ3) is 4.74. The van der Waals surface area contributed by atoms with E-state index in [9.17, 15) is 18.0 Å². The maximum Gasteiger partial charge on any atom is 0.416 e. The van der Waals surface area contributed by atoms with Gasteiger partial charge in [-0.1, -0.05) is 23.8 Å². The number of benzene rings is 2. The summed E-state index contributed by atoms with van der Waals surface area (Å²) in [4.78, 5) is 12.0. The van der Waals surface area contributed by atoms with E-state index < -0.39 is 23.8 Å². The smallest absolute Gasteiger partial charge is 0.416 e. The Morgan fingerprint density at radius 2 is 1.78 bits per heavy atom. The van der Waals surface area contributed by atoms with Crippen LogP contribution in [0.1, 0.15) is 18.1 Å². The molecular weight excluding hydrogens is 307 g/mol. The fourth-order valence-electron chi connectivity index (χ4n) is 1.89. The second-order valence-corrected chi connectivity index (χ2v) is 5.14. The monoisotopic (exact) mass is 323 g/mol. The van der Waals surface area contributed by atoms with Gasteiger partial charge in [0.1, 0.15) is 5.75 Å². The van der Waals surface area contributed by atoms with E-state index in [4.69, 9.17) is 4.74 Å². The first-order valence-electron chi connectivity index (χ1n) is 6.97. The standard InChI is InChI=1S/C17H16F3NO2/c1-11-6-8-15(9-7-11)23-12(2)16(22)21-14-5-3-4-13(10-14)17(18,19)20/h3-10,12H,1-2H3,(H,21,22). The van der Waals surface area contributed by atoms with Crippen LogP contribution in [0.3, 0.4) is 0 Å². The van der Waals surface area contributed by atoms with Crippen LogP contribution in [0.5, 0.6) is 5.75 Å². The Balaban J connectivity index is 2.02. The fourth-order valence-corrected chi connectivity index (χ4v) is 1.89. The van der Waals surface area contributed by atoms with E-state index in [-0.39, 0.29) is 5.69 Å². The molecule has 1 atom stereocenters. The summed E-state index contributed by atoms with van der Waals surface area (Å²) in [5, 5.41) is 2.42. The van der Waals surface area contributed by atoms with Gasteiger partial charge in [0, 0.05) is 5.69 Å². The minimum Gasteiger partial charge on any atom is -0.481 e. The number of carbonyl (C=O) groups is 1. The molecule has 1 N–H and O–H groups in total. The van der Waals surface area contributed by atoms with E-state index in [1.54, 1.807) is 12.1 Å². The van der Waals surface area contributed by atoms with E-state index >= 15 is 0 Å². The fraction of sp³-hybridized carbons (Fsp3) is 0.235. The molecule has 3 nitrogen and oxygen atoms in total. The number of ether oxygens (including phenoxy) is 1. The predicted octanol–water partition coefficient (Wildman–Crippen LogP) is 4.42. The summed E-state index contributed by atoms with van der Waals surface area (Å²) in [5.41, 5.74) is 0.310. The average molecular weight is 323 g/mol. The first-order chi connectivity index (χ1) is 10.8. The van der Waals surface area contributed by atoms with Crippen molar-refractivity contribution in [1.29, 1.82) is 0 Å². The van der Waals surface area contributed by atoms with Crippen molar-refractivity contribution in [3.8, 4) is 5.75 Å². The van der Waals surface area contributed by atoms with Crippen molar-refractivity contribution < 1.29 is 22.7 Å². The minimum absolute atomic E-state index is 0.0733. The molecule has 1 amide bonds. The van der Waals surface area contributed by atoms with Crippen LogP contribution in [0, 0.1) is 6.92 Å². The molecule has 0 bridgehead atoms. The lowest BCUT2D eigenvalue weighted by molar-refractivity contribution is -0.137. The number of anilines is 1. The maximum atomic E-state index is 12.6. The molecule has 6 heteroatoms. The molecule has 2 aromatic carbocycles. The summed E-state index contributed by atoms with van der Waals surface area (Å²) >= 11 is 0. The van der Waals surface area contributed by atoms with Crippen LogP contribution in [-0.2, 0) is 11.0 Å². The van der Waals surface area contributed by atoms with Gasteiger partial charge >= 0.3 is 6.18 Å². The quantitative estimate of drug-likeness (QED) is 0.904. The molecular formula is C17H16F3NO2. The second kappa shape index (κ2) is 6.73. The lowest BCUT2D eigenvalue weighted by Crippen LogP contribution is -2.30. The highest BCUT2D eigenvalue weighted by atomic mass is 19.4. The maximum absolute atomic E-state index is 12.6. The highest BCUT2D eigenvalue weighted by Gasteiger charge is 2.30. The van der Waals surface area contributed by atoms with Gasteiger partial charge in [0.05, 0.1) is 5.56 Å². The van der Waals surface area contributed by atoms with Gasteiger partial charge in [-0.15, -0.1) is 0 Å². The Morgan fingerprint density at radius 3 is 2.39 bits per heavy atom. The Morgan fingerprint density at radius 1 is 1.13 bits per heavy atom. The van der Waals surface area contributed by atoms with E-state index in [0.29, 0.717) is 5.75 Å². The first kappa shape index (κ1) is 16.9. The molecule has 0 aliphatic rings. The zero-order chi connectivity index (χ0) is 17.0. The molecule has 23 heavy (non-hydrogen) atoms. The van der Waals surface area contributed by atoms with E-state index in [1.165, 1.54) is 19.1 Å². The Bertz CT molecular complexity index is 681. The third-order valence-electron chi connectivity index (χ3n) is 3.16. The Labute approximate surface area is 132 Å². The van der Waals surface area contributed by atoms with Crippen molar-refractivity contribution in [3.63, 3.8) is 0 Å². The van der Waals surface area contributed by atoms with Crippen LogP contribution in [0.25, 0.3) is 0 Å². The van der Waals surface area contributed by atoms with Crippen LogP contribution >= 0.6 is 0 Å². The normalized spacial score (nSPS) is 12.6. The van der Waals surface area contributed by atoms with Gasteiger partial charge in [-0.05, 0) is 44.2 Å². The van der Waals surface area contributed by atoms with Crippen LogP contribution in [0.15, 0.2) is 48.5 Å². The van der Waals surface area contributed by atoms with Crippen LogP contribution < -0.4 is 10.1 Å². The summed E-state index contributed by atoms with van der Waals surface area (Å²) in [6, 6.07) is 11.6. The predicted molar refractivity (Wildman–Crippen MR) is 81.3 cm³/mol. The van der Waals surface area contributed by atoms with Gasteiger partial charge in [0.25, 0.3) is 5.91 Å². The number of carbonyl (C=O) groups excluding carboxylic acids is 1. The largest absolute Gasteiger partial charge is 0.481 e. The highest BCUT2D eigenvalue weighted by Crippen LogP contribution is 2.30. The van der Waals surface area contributed by atoms with Gasteiger partial charge < -0.3 is 10.1 Å². The number of aryl methyl sites for hydroxylation is 1. The number of halogens is 3. The molecule has 0 spiro atoms. The molecule has 0 fully saturated rings. The first-order valence-corrected chi connectivity index (χ1v) is 6.97. The zero-order valence-corrected chi connectivity index (χ0v) is 12.6. The topological polar surface area (TPSA) is 38.3 Å². The van der Waals surface area contributed by atoms with E-state index in [0.717, 1.165) is 17.7 Å². The van der Waals surface area contributed by atoms with Crippen LogP contribution in [0.4, 0.5) is 18.9 Å². The molecule has 122 valence electrons. The van der Waals surface area contributed by atoms with Crippen molar-refractivity contribution in [2.45, 2.75) is 26.1 Å². The van der Waals surface area contributed by atoms with Gasteiger partial charge in [-0.3, -0.25) is 4.79 Å². The summed E-state index contributed by atoms with van der Waals surface area (Å²) in [6.07, 6.45) is -5.29. The van der Waals surface area contributed by atoms with Crippen LogP contribution in [-0.4, -0.2) is 12.0 Å². The lowest BCUT2D eigenvalue weighted by atomic mass is 10.2. The average Bonchev–Trinajstić information content (AvgIpc) is 2.49. The number of hydrogen-bond acceptors (Lipinski definition) is 2. The molecule has 0 aliphatic heterocycles. The zero-order valence-electron chi connectivity index (χ0n) is 12.6. The SMILES string of the molecule is Cc1ccc(OC(C)C(=O)Nc2cccc(C(F)(F)F)c2)cc1. The molecule has 0 aliphatic carbocycles. The Hall–Kier alpha value is -2.50. The number of hydrogen-bond donors (Lipinski definition) is 1. The molecule has 2 rings (SSSR count). The minimum atomic E-state index is -4.45. The Kier molecular flexibility index (Phi) is 4.93. The molecule has 2 aromatic rings. The van der Waals surface area contributed by atoms with Crippen molar-refractivity contribution in [2.24, 2.45) is 0 Å².